The lowest BCUT2D eigenvalue weighted by Gasteiger charge is -2.09. The van der Waals surface area contributed by atoms with E-state index in [-0.39, 0.29) is 5.69 Å². The molecule has 0 aliphatic rings. The zero-order valence-corrected chi connectivity index (χ0v) is 10.6. The van der Waals surface area contributed by atoms with E-state index in [9.17, 15) is 8.78 Å². The van der Waals surface area contributed by atoms with E-state index >= 15 is 0 Å². The average Bonchev–Trinajstić information content (AvgIpc) is 2.34. The van der Waals surface area contributed by atoms with Gasteiger partial charge >= 0.3 is 0 Å². The molecule has 2 aromatic rings. The third kappa shape index (κ3) is 2.66. The molecule has 2 rings (SSSR count). The van der Waals surface area contributed by atoms with Crippen LogP contribution in [0.1, 0.15) is 5.56 Å². The van der Waals surface area contributed by atoms with Gasteiger partial charge in [-0.15, -0.1) is 0 Å². The summed E-state index contributed by atoms with van der Waals surface area (Å²) in [5.41, 5.74) is 1.26. The van der Waals surface area contributed by atoms with Crippen LogP contribution in [0.5, 0.6) is 0 Å². The van der Waals surface area contributed by atoms with Crippen molar-refractivity contribution in [1.82, 2.24) is 0 Å². The highest BCUT2D eigenvalue weighted by atomic mass is 79.9. The van der Waals surface area contributed by atoms with E-state index in [1.54, 1.807) is 18.2 Å². The summed E-state index contributed by atoms with van der Waals surface area (Å²) < 4.78 is 26.8. The van der Waals surface area contributed by atoms with Crippen LogP contribution in [0.3, 0.4) is 0 Å². The molecule has 0 atom stereocenters. The Labute approximate surface area is 111 Å². The van der Waals surface area contributed by atoms with Gasteiger partial charge in [-0.05, 0) is 46.3 Å². The molecule has 0 unspecified atom stereocenters. The van der Waals surface area contributed by atoms with E-state index in [4.69, 9.17) is 5.26 Å². The number of hydrogen-bond donors (Lipinski definition) is 1. The molecule has 0 spiro atoms. The van der Waals surface area contributed by atoms with Crippen LogP contribution in [0.25, 0.3) is 0 Å². The van der Waals surface area contributed by atoms with E-state index in [1.807, 2.05) is 6.07 Å². The summed E-state index contributed by atoms with van der Waals surface area (Å²) in [7, 11) is 0. The first-order valence-electron chi connectivity index (χ1n) is 5.02. The summed E-state index contributed by atoms with van der Waals surface area (Å²) in [4.78, 5) is 0. The fraction of sp³-hybridized carbons (Fsp3) is 0. The van der Waals surface area contributed by atoms with Crippen molar-refractivity contribution in [2.75, 3.05) is 5.32 Å². The van der Waals surface area contributed by atoms with Gasteiger partial charge in [-0.3, -0.25) is 0 Å². The van der Waals surface area contributed by atoms with Crippen LogP contribution in [0, 0.1) is 23.0 Å². The number of nitrogens with one attached hydrogen (secondary N) is 1. The Morgan fingerprint density at radius 2 is 1.78 bits per heavy atom. The third-order valence-corrected chi connectivity index (χ3v) is 2.95. The van der Waals surface area contributed by atoms with E-state index in [1.165, 1.54) is 12.1 Å². The smallest absolute Gasteiger partial charge is 0.149 e. The van der Waals surface area contributed by atoms with Gasteiger partial charge in [-0.25, -0.2) is 8.78 Å². The van der Waals surface area contributed by atoms with Crippen LogP contribution < -0.4 is 5.32 Å². The maximum Gasteiger partial charge on any atom is 0.149 e. The predicted molar refractivity (Wildman–Crippen MR) is 68.5 cm³/mol. The number of nitrogens with zero attached hydrogens (tertiary/aromatic N) is 1. The Morgan fingerprint density at radius 3 is 2.39 bits per heavy atom. The standard InChI is InChI=1S/C13H7BrF2N2/c14-10-5-8(7-17)1-3-12(10)18-13-4-2-9(15)6-11(13)16/h1-6,18H. The highest BCUT2D eigenvalue weighted by Crippen LogP contribution is 2.28. The van der Waals surface area contributed by atoms with Gasteiger partial charge in [-0.2, -0.15) is 5.26 Å². The SMILES string of the molecule is N#Cc1ccc(Nc2ccc(F)cc2F)c(Br)c1. The molecule has 1 N–H and O–H groups in total. The zero-order chi connectivity index (χ0) is 13.1. The first-order chi connectivity index (χ1) is 8.60. The lowest BCUT2D eigenvalue weighted by atomic mass is 10.2. The molecule has 0 amide bonds. The number of benzene rings is 2. The van der Waals surface area contributed by atoms with Crippen molar-refractivity contribution in [2.45, 2.75) is 0 Å². The molecule has 18 heavy (non-hydrogen) atoms. The highest BCUT2D eigenvalue weighted by molar-refractivity contribution is 9.10. The molecule has 2 aromatic carbocycles. The van der Waals surface area contributed by atoms with E-state index < -0.39 is 11.6 Å². The molecule has 0 radical (unpaired) electrons. The first-order valence-corrected chi connectivity index (χ1v) is 5.81. The molecule has 0 saturated carbocycles. The molecule has 0 aromatic heterocycles. The molecular weight excluding hydrogens is 302 g/mol. The van der Waals surface area contributed by atoms with Crippen molar-refractivity contribution in [3.05, 3.63) is 58.1 Å². The minimum Gasteiger partial charge on any atom is -0.352 e. The lowest BCUT2D eigenvalue weighted by molar-refractivity contribution is 0.586. The fourth-order valence-electron chi connectivity index (χ4n) is 1.42. The van der Waals surface area contributed by atoms with Crippen LogP contribution in [-0.4, -0.2) is 0 Å². The Hall–Kier alpha value is -1.93. The van der Waals surface area contributed by atoms with Crippen LogP contribution in [0.4, 0.5) is 20.2 Å². The van der Waals surface area contributed by atoms with Gasteiger partial charge in [-0.1, -0.05) is 0 Å². The predicted octanol–water partition coefficient (Wildman–Crippen LogP) is 4.34. The van der Waals surface area contributed by atoms with Crippen LogP contribution >= 0.6 is 15.9 Å². The summed E-state index contributed by atoms with van der Waals surface area (Å²) in [6, 6.07) is 10.2. The quantitative estimate of drug-likeness (QED) is 0.895. The van der Waals surface area contributed by atoms with Crippen molar-refractivity contribution in [3.63, 3.8) is 0 Å². The number of hydrogen-bond acceptors (Lipinski definition) is 2. The number of nitriles is 1. The monoisotopic (exact) mass is 308 g/mol. The maximum absolute atomic E-state index is 13.4. The number of rotatable bonds is 2. The van der Waals surface area contributed by atoms with Gasteiger partial charge in [0.1, 0.15) is 11.6 Å². The van der Waals surface area contributed by atoms with Crippen LogP contribution in [-0.2, 0) is 0 Å². The third-order valence-electron chi connectivity index (χ3n) is 2.30. The van der Waals surface area contributed by atoms with Crippen LogP contribution in [0.15, 0.2) is 40.9 Å². The molecular formula is C13H7BrF2N2. The van der Waals surface area contributed by atoms with Crippen molar-refractivity contribution in [1.29, 1.82) is 5.26 Å². The molecule has 0 bridgehead atoms. The second-order valence-electron chi connectivity index (χ2n) is 3.56. The van der Waals surface area contributed by atoms with Gasteiger partial charge in [0.25, 0.3) is 0 Å². The number of anilines is 2. The molecule has 0 fully saturated rings. The summed E-state index contributed by atoms with van der Waals surface area (Å²) in [6.07, 6.45) is 0. The molecule has 90 valence electrons. The topological polar surface area (TPSA) is 35.8 Å². The van der Waals surface area contributed by atoms with Gasteiger partial charge in [0.2, 0.25) is 0 Å². The molecule has 0 saturated heterocycles. The second kappa shape index (κ2) is 5.15. The molecule has 2 nitrogen and oxygen atoms in total. The minimum atomic E-state index is -0.675. The Bertz CT molecular complexity index is 635. The van der Waals surface area contributed by atoms with Gasteiger partial charge in [0.05, 0.1) is 23.0 Å². The minimum absolute atomic E-state index is 0.168. The average molecular weight is 309 g/mol. The summed E-state index contributed by atoms with van der Waals surface area (Å²) in [6.45, 7) is 0. The second-order valence-corrected chi connectivity index (χ2v) is 4.41. The zero-order valence-electron chi connectivity index (χ0n) is 9.05. The first kappa shape index (κ1) is 12.5. The normalized spacial score (nSPS) is 9.89. The summed E-state index contributed by atoms with van der Waals surface area (Å²) >= 11 is 3.27. The van der Waals surface area contributed by atoms with Gasteiger partial charge in [0, 0.05) is 10.5 Å². The van der Waals surface area contributed by atoms with Gasteiger partial charge < -0.3 is 5.32 Å². The van der Waals surface area contributed by atoms with E-state index in [2.05, 4.69) is 21.2 Å². The Balaban J connectivity index is 2.32. The molecule has 0 heterocycles. The van der Waals surface area contributed by atoms with Gasteiger partial charge in [0.15, 0.2) is 0 Å². The Kier molecular flexibility index (Phi) is 3.58. The Morgan fingerprint density at radius 1 is 1.06 bits per heavy atom. The molecule has 0 aliphatic carbocycles. The molecule has 5 heteroatoms. The van der Waals surface area contributed by atoms with E-state index in [0.717, 1.165) is 6.07 Å². The largest absolute Gasteiger partial charge is 0.352 e. The summed E-state index contributed by atoms with van der Waals surface area (Å²) in [5, 5.41) is 11.5. The highest BCUT2D eigenvalue weighted by Gasteiger charge is 2.06. The van der Waals surface area contributed by atoms with E-state index in [0.29, 0.717) is 15.7 Å². The lowest BCUT2D eigenvalue weighted by Crippen LogP contribution is -1.95. The summed E-state index contributed by atoms with van der Waals surface area (Å²) in [5.74, 6) is -1.30. The van der Waals surface area contributed by atoms with Crippen molar-refractivity contribution in [2.24, 2.45) is 0 Å². The van der Waals surface area contributed by atoms with Crippen molar-refractivity contribution >= 4 is 27.3 Å². The van der Waals surface area contributed by atoms with Crippen LogP contribution in [0.2, 0.25) is 0 Å². The fourth-order valence-corrected chi connectivity index (χ4v) is 1.90. The number of halogens is 3. The van der Waals surface area contributed by atoms with Crippen molar-refractivity contribution < 1.29 is 8.78 Å². The maximum atomic E-state index is 13.4. The van der Waals surface area contributed by atoms with Crippen molar-refractivity contribution in [3.8, 4) is 6.07 Å². The molecule has 0 aliphatic heterocycles.